The van der Waals surface area contributed by atoms with Gasteiger partial charge in [-0.05, 0) is 6.07 Å². The summed E-state index contributed by atoms with van der Waals surface area (Å²) in [5.74, 6) is -0.281. The van der Waals surface area contributed by atoms with Crippen LogP contribution in [-0.2, 0) is 0 Å². The molecule has 98 valence electrons. The first-order valence-corrected chi connectivity index (χ1v) is 7.00. The minimum atomic E-state index is -0.281. The molecule has 2 nitrogen and oxygen atoms in total. The van der Waals surface area contributed by atoms with E-state index in [1.807, 2.05) is 35.7 Å². The third-order valence-electron chi connectivity index (χ3n) is 2.78. The van der Waals surface area contributed by atoms with Gasteiger partial charge < -0.3 is 0 Å². The van der Waals surface area contributed by atoms with Crippen LogP contribution in [0.3, 0.4) is 0 Å². The summed E-state index contributed by atoms with van der Waals surface area (Å²) < 4.78 is 13.5. The minimum absolute atomic E-state index is 0.281. The van der Waals surface area contributed by atoms with Gasteiger partial charge in [0.15, 0.2) is 0 Å². The maximum atomic E-state index is 13.5. The zero-order chi connectivity index (χ0) is 13.8. The first-order valence-electron chi connectivity index (χ1n) is 6.12. The van der Waals surface area contributed by atoms with E-state index in [0.717, 1.165) is 11.3 Å². The second-order valence-electron chi connectivity index (χ2n) is 4.16. The standard InChI is InChI=1S/C16H11FN2S/c17-14-9-5-4-8-13(14)10-18-16-19-15(11-20-16)12-6-2-1-3-7-12/h1-11H. The molecule has 0 saturated carbocycles. The van der Waals surface area contributed by atoms with Crippen molar-refractivity contribution < 1.29 is 4.39 Å². The molecule has 3 rings (SSSR count). The third-order valence-corrected chi connectivity index (χ3v) is 3.53. The van der Waals surface area contributed by atoms with Gasteiger partial charge >= 0.3 is 0 Å². The predicted octanol–water partition coefficient (Wildman–Crippen LogP) is 4.70. The number of hydrogen-bond acceptors (Lipinski definition) is 3. The Bertz CT molecular complexity index is 735. The highest BCUT2D eigenvalue weighted by Gasteiger charge is 2.03. The van der Waals surface area contributed by atoms with E-state index in [-0.39, 0.29) is 5.82 Å². The van der Waals surface area contributed by atoms with E-state index in [2.05, 4.69) is 9.98 Å². The van der Waals surface area contributed by atoms with E-state index in [0.29, 0.717) is 10.7 Å². The van der Waals surface area contributed by atoms with Gasteiger partial charge in [0.05, 0.1) is 5.69 Å². The number of hydrogen-bond donors (Lipinski definition) is 0. The molecule has 2 aromatic carbocycles. The summed E-state index contributed by atoms with van der Waals surface area (Å²) in [6.07, 6.45) is 1.50. The summed E-state index contributed by atoms with van der Waals surface area (Å²) in [6.45, 7) is 0. The predicted molar refractivity (Wildman–Crippen MR) is 81.2 cm³/mol. The molecule has 0 saturated heterocycles. The van der Waals surface area contributed by atoms with Crippen LogP contribution in [0.25, 0.3) is 11.3 Å². The maximum Gasteiger partial charge on any atom is 0.209 e. The van der Waals surface area contributed by atoms with Gasteiger partial charge in [0.2, 0.25) is 5.13 Å². The number of halogens is 1. The van der Waals surface area contributed by atoms with Crippen molar-refractivity contribution in [2.45, 2.75) is 0 Å². The summed E-state index contributed by atoms with van der Waals surface area (Å²) in [6, 6.07) is 16.4. The Morgan fingerprint density at radius 3 is 2.55 bits per heavy atom. The summed E-state index contributed by atoms with van der Waals surface area (Å²) in [5.41, 5.74) is 2.40. The van der Waals surface area contributed by atoms with Crippen molar-refractivity contribution in [3.8, 4) is 11.3 Å². The van der Waals surface area contributed by atoms with Crippen molar-refractivity contribution in [3.63, 3.8) is 0 Å². The molecular formula is C16H11FN2S. The lowest BCUT2D eigenvalue weighted by Crippen LogP contribution is -1.85. The van der Waals surface area contributed by atoms with E-state index < -0.39 is 0 Å². The summed E-state index contributed by atoms with van der Waals surface area (Å²) in [4.78, 5) is 8.65. The molecule has 0 radical (unpaired) electrons. The van der Waals surface area contributed by atoms with Gasteiger partial charge in [-0.3, -0.25) is 0 Å². The van der Waals surface area contributed by atoms with Crippen LogP contribution in [-0.4, -0.2) is 11.2 Å². The van der Waals surface area contributed by atoms with Gasteiger partial charge in [-0.15, -0.1) is 11.3 Å². The number of nitrogens with zero attached hydrogens (tertiary/aromatic N) is 2. The highest BCUT2D eigenvalue weighted by molar-refractivity contribution is 7.13. The Kier molecular flexibility index (Phi) is 3.65. The van der Waals surface area contributed by atoms with Crippen LogP contribution in [0.5, 0.6) is 0 Å². The molecule has 0 spiro atoms. The van der Waals surface area contributed by atoms with Crippen molar-refractivity contribution in [1.82, 2.24) is 4.98 Å². The quantitative estimate of drug-likeness (QED) is 0.639. The molecule has 0 atom stereocenters. The molecule has 0 aliphatic rings. The zero-order valence-electron chi connectivity index (χ0n) is 10.5. The zero-order valence-corrected chi connectivity index (χ0v) is 11.3. The molecule has 0 fully saturated rings. The number of thiazole rings is 1. The maximum absolute atomic E-state index is 13.5. The van der Waals surface area contributed by atoms with Gasteiger partial charge in [0, 0.05) is 22.7 Å². The van der Waals surface area contributed by atoms with Gasteiger partial charge in [0.1, 0.15) is 5.82 Å². The molecule has 0 aliphatic heterocycles. The highest BCUT2D eigenvalue weighted by Crippen LogP contribution is 2.26. The summed E-state index contributed by atoms with van der Waals surface area (Å²) in [7, 11) is 0. The van der Waals surface area contributed by atoms with Gasteiger partial charge in [-0.2, -0.15) is 0 Å². The van der Waals surface area contributed by atoms with Crippen molar-refractivity contribution >= 4 is 22.7 Å². The molecule has 20 heavy (non-hydrogen) atoms. The smallest absolute Gasteiger partial charge is 0.209 e. The van der Waals surface area contributed by atoms with Crippen LogP contribution in [0.4, 0.5) is 9.52 Å². The minimum Gasteiger partial charge on any atom is -0.227 e. The van der Waals surface area contributed by atoms with E-state index in [1.165, 1.54) is 23.6 Å². The van der Waals surface area contributed by atoms with Crippen LogP contribution >= 0.6 is 11.3 Å². The average molecular weight is 282 g/mol. The second-order valence-corrected chi connectivity index (χ2v) is 5.00. The van der Waals surface area contributed by atoms with Crippen molar-refractivity contribution in [2.75, 3.05) is 0 Å². The second kappa shape index (κ2) is 5.75. The molecular weight excluding hydrogens is 271 g/mol. The fourth-order valence-corrected chi connectivity index (χ4v) is 2.44. The Hall–Kier alpha value is -2.33. The largest absolute Gasteiger partial charge is 0.227 e. The van der Waals surface area contributed by atoms with Crippen LogP contribution in [0.15, 0.2) is 65.0 Å². The normalized spacial score (nSPS) is 11.1. The lowest BCUT2D eigenvalue weighted by atomic mass is 10.2. The molecule has 4 heteroatoms. The number of benzene rings is 2. The fourth-order valence-electron chi connectivity index (χ4n) is 1.77. The number of aliphatic imine (C=N–C) groups is 1. The molecule has 0 N–H and O–H groups in total. The van der Waals surface area contributed by atoms with Gasteiger partial charge in [-0.25, -0.2) is 14.4 Å². The topological polar surface area (TPSA) is 25.2 Å². The summed E-state index contributed by atoms with van der Waals surface area (Å²) in [5, 5.41) is 2.57. The van der Waals surface area contributed by atoms with Crippen LogP contribution in [0, 0.1) is 5.82 Å². The molecule has 1 aromatic heterocycles. The lowest BCUT2D eigenvalue weighted by Gasteiger charge is -1.94. The van der Waals surface area contributed by atoms with Crippen molar-refractivity contribution in [2.24, 2.45) is 4.99 Å². The van der Waals surface area contributed by atoms with E-state index in [4.69, 9.17) is 0 Å². The van der Waals surface area contributed by atoms with Crippen LogP contribution in [0.2, 0.25) is 0 Å². The fraction of sp³-hybridized carbons (Fsp3) is 0. The molecule has 0 amide bonds. The Balaban J connectivity index is 1.83. The SMILES string of the molecule is Fc1ccccc1C=Nc1nc(-c2ccccc2)cs1. The lowest BCUT2D eigenvalue weighted by molar-refractivity contribution is 0.626. The van der Waals surface area contributed by atoms with Crippen LogP contribution in [0.1, 0.15) is 5.56 Å². The van der Waals surface area contributed by atoms with Crippen molar-refractivity contribution in [1.29, 1.82) is 0 Å². The first kappa shape index (κ1) is 12.7. The third kappa shape index (κ3) is 2.81. The van der Waals surface area contributed by atoms with E-state index in [9.17, 15) is 4.39 Å². The van der Waals surface area contributed by atoms with Crippen molar-refractivity contribution in [3.05, 3.63) is 71.4 Å². The summed E-state index contributed by atoms with van der Waals surface area (Å²) >= 11 is 1.44. The highest BCUT2D eigenvalue weighted by atomic mass is 32.1. The van der Waals surface area contributed by atoms with E-state index in [1.54, 1.807) is 18.2 Å². The first-order chi connectivity index (χ1) is 9.83. The molecule has 0 aliphatic carbocycles. The Labute approximate surface area is 120 Å². The monoisotopic (exact) mass is 282 g/mol. The van der Waals surface area contributed by atoms with Crippen LogP contribution < -0.4 is 0 Å². The Morgan fingerprint density at radius 1 is 1.00 bits per heavy atom. The number of rotatable bonds is 3. The van der Waals surface area contributed by atoms with Gasteiger partial charge in [0.25, 0.3) is 0 Å². The van der Waals surface area contributed by atoms with Gasteiger partial charge in [-0.1, -0.05) is 48.5 Å². The Morgan fingerprint density at radius 2 is 1.75 bits per heavy atom. The van der Waals surface area contributed by atoms with E-state index >= 15 is 0 Å². The average Bonchev–Trinajstić information content (AvgIpc) is 2.96. The molecule has 1 heterocycles. The molecule has 0 unspecified atom stereocenters. The molecule has 0 bridgehead atoms. The number of aromatic nitrogens is 1. The molecule has 3 aromatic rings.